The van der Waals surface area contributed by atoms with E-state index < -0.39 is 0 Å². The quantitative estimate of drug-likeness (QED) is 0.428. The van der Waals surface area contributed by atoms with Crippen LogP contribution in [0.3, 0.4) is 0 Å². The predicted octanol–water partition coefficient (Wildman–Crippen LogP) is 3.59. The molecular formula is C21H26N6O3S3. The monoisotopic (exact) mass is 506 g/mol. The highest BCUT2D eigenvalue weighted by molar-refractivity contribution is 8.00. The Hall–Kier alpha value is -2.31. The number of para-hydroxylation sites is 1. The van der Waals surface area contributed by atoms with Gasteiger partial charge in [-0.1, -0.05) is 35.7 Å². The van der Waals surface area contributed by atoms with Crippen LogP contribution in [-0.2, 0) is 21.8 Å². The molecule has 1 saturated heterocycles. The van der Waals surface area contributed by atoms with Crippen LogP contribution in [0.15, 0.2) is 33.8 Å². The van der Waals surface area contributed by atoms with E-state index in [1.54, 1.807) is 39.8 Å². The lowest BCUT2D eigenvalue weighted by Crippen LogP contribution is -2.51. The Kier molecular flexibility index (Phi) is 8.10. The molecule has 0 spiro atoms. The van der Waals surface area contributed by atoms with Gasteiger partial charge >= 0.3 is 6.09 Å². The highest BCUT2D eigenvalue weighted by Gasteiger charge is 2.25. The summed E-state index contributed by atoms with van der Waals surface area (Å²) in [4.78, 5) is 32.6. The van der Waals surface area contributed by atoms with Crippen molar-refractivity contribution in [1.82, 2.24) is 29.5 Å². The van der Waals surface area contributed by atoms with Crippen LogP contribution in [0.1, 0.15) is 19.7 Å². The van der Waals surface area contributed by atoms with Gasteiger partial charge in [0.25, 0.3) is 0 Å². The maximum Gasteiger partial charge on any atom is 0.409 e. The first kappa shape index (κ1) is 23.8. The number of nitrogens with zero attached hydrogens (tertiary/aromatic N) is 6. The van der Waals surface area contributed by atoms with E-state index in [0.29, 0.717) is 44.3 Å². The molecule has 176 valence electrons. The molecule has 0 N–H and O–H groups in total. The molecule has 1 aromatic carbocycles. The van der Waals surface area contributed by atoms with E-state index in [-0.39, 0.29) is 12.0 Å². The van der Waals surface area contributed by atoms with Crippen LogP contribution in [-0.4, -0.2) is 80.1 Å². The standard InChI is InChI=1S/C21H26N6O3S3/c1-3-27-17(13-32-20-22-15-7-5-6-8-16(15)33-20)23-24-19(27)31-14-18(28)25-9-11-26(12-10-25)21(29)30-4-2/h5-8H,3-4,9-14H2,1-2H3. The molecule has 1 aliphatic heterocycles. The van der Waals surface area contributed by atoms with Gasteiger partial charge in [-0.25, -0.2) is 9.78 Å². The molecule has 0 atom stereocenters. The first-order chi connectivity index (χ1) is 16.1. The fraction of sp³-hybridized carbons (Fsp3) is 0.476. The molecule has 0 radical (unpaired) electrons. The zero-order valence-corrected chi connectivity index (χ0v) is 21.0. The van der Waals surface area contributed by atoms with Gasteiger partial charge < -0.3 is 19.1 Å². The minimum Gasteiger partial charge on any atom is -0.450 e. The number of hydrogen-bond donors (Lipinski definition) is 0. The SMILES string of the molecule is CCOC(=O)N1CCN(C(=O)CSc2nnc(CSc3nc4ccccc4s3)n2CC)CC1. The number of hydrogen-bond acceptors (Lipinski definition) is 9. The zero-order valence-electron chi connectivity index (χ0n) is 18.6. The van der Waals surface area contributed by atoms with Gasteiger partial charge in [0.15, 0.2) is 9.50 Å². The van der Waals surface area contributed by atoms with E-state index >= 15 is 0 Å². The van der Waals surface area contributed by atoms with Crippen molar-refractivity contribution in [2.24, 2.45) is 0 Å². The van der Waals surface area contributed by atoms with Gasteiger partial charge in [-0.3, -0.25) is 4.79 Å². The van der Waals surface area contributed by atoms with Gasteiger partial charge in [0, 0.05) is 32.7 Å². The Morgan fingerprint density at radius 3 is 2.55 bits per heavy atom. The third-order valence-corrected chi connectivity index (χ3v) is 8.32. The maximum absolute atomic E-state index is 12.7. The molecule has 3 heterocycles. The zero-order chi connectivity index (χ0) is 23.2. The van der Waals surface area contributed by atoms with E-state index in [2.05, 4.69) is 32.7 Å². The minimum absolute atomic E-state index is 0.0413. The number of fused-ring (bicyclic) bond motifs is 1. The highest BCUT2D eigenvalue weighted by atomic mass is 32.2. The number of rotatable bonds is 8. The largest absolute Gasteiger partial charge is 0.450 e. The van der Waals surface area contributed by atoms with Crippen molar-refractivity contribution in [2.45, 2.75) is 35.6 Å². The van der Waals surface area contributed by atoms with Crippen LogP contribution < -0.4 is 0 Å². The second-order valence-electron chi connectivity index (χ2n) is 7.23. The molecular weight excluding hydrogens is 480 g/mol. The summed E-state index contributed by atoms with van der Waals surface area (Å²) in [5, 5.41) is 9.42. The summed E-state index contributed by atoms with van der Waals surface area (Å²) in [6.07, 6.45) is -0.314. The number of carbonyl (C=O) groups is 2. The van der Waals surface area contributed by atoms with Gasteiger partial charge in [0.1, 0.15) is 5.82 Å². The Balaban J connectivity index is 1.29. The minimum atomic E-state index is -0.314. The number of amides is 2. The number of thioether (sulfide) groups is 2. The van der Waals surface area contributed by atoms with Crippen molar-refractivity contribution in [3.05, 3.63) is 30.1 Å². The first-order valence-corrected chi connectivity index (χ1v) is 13.6. The van der Waals surface area contributed by atoms with Gasteiger partial charge in [0.2, 0.25) is 5.91 Å². The normalized spacial score (nSPS) is 14.1. The number of thiazole rings is 1. The second kappa shape index (κ2) is 11.2. The molecule has 3 aromatic rings. The topological polar surface area (TPSA) is 93.4 Å². The molecule has 9 nitrogen and oxygen atoms in total. The smallest absolute Gasteiger partial charge is 0.409 e. The van der Waals surface area contributed by atoms with Crippen LogP contribution in [0.2, 0.25) is 0 Å². The third-order valence-electron chi connectivity index (χ3n) is 5.19. The lowest BCUT2D eigenvalue weighted by molar-refractivity contribution is -0.129. The molecule has 0 saturated carbocycles. The molecule has 0 bridgehead atoms. The molecule has 2 aromatic heterocycles. The van der Waals surface area contributed by atoms with Gasteiger partial charge in [-0.15, -0.1) is 21.5 Å². The molecule has 0 unspecified atom stereocenters. The summed E-state index contributed by atoms with van der Waals surface area (Å²) in [6, 6.07) is 8.12. The summed E-state index contributed by atoms with van der Waals surface area (Å²) < 4.78 is 9.27. The summed E-state index contributed by atoms with van der Waals surface area (Å²) >= 11 is 4.74. The van der Waals surface area contributed by atoms with Crippen LogP contribution in [0.4, 0.5) is 4.79 Å². The van der Waals surface area contributed by atoms with Crippen LogP contribution in [0.5, 0.6) is 0 Å². The highest BCUT2D eigenvalue weighted by Crippen LogP contribution is 2.31. The Morgan fingerprint density at radius 2 is 1.82 bits per heavy atom. The summed E-state index contributed by atoms with van der Waals surface area (Å²) in [5.41, 5.74) is 1.01. The van der Waals surface area contributed by atoms with Crippen LogP contribution in [0.25, 0.3) is 10.2 Å². The predicted molar refractivity (Wildman–Crippen MR) is 131 cm³/mol. The first-order valence-electron chi connectivity index (χ1n) is 10.8. The molecule has 2 amide bonds. The van der Waals surface area contributed by atoms with Crippen molar-refractivity contribution in [3.63, 3.8) is 0 Å². The Morgan fingerprint density at radius 1 is 1.06 bits per heavy atom. The number of benzene rings is 1. The lowest BCUT2D eigenvalue weighted by atomic mass is 10.3. The van der Waals surface area contributed by atoms with Crippen LogP contribution >= 0.6 is 34.9 Å². The van der Waals surface area contributed by atoms with Crippen molar-refractivity contribution >= 4 is 57.1 Å². The summed E-state index contributed by atoms with van der Waals surface area (Å²) in [6.45, 7) is 6.95. The number of carbonyl (C=O) groups excluding carboxylic acids is 2. The Labute approximate surface area is 204 Å². The summed E-state index contributed by atoms with van der Waals surface area (Å²) in [7, 11) is 0. The van der Waals surface area contributed by atoms with E-state index in [1.807, 2.05) is 18.2 Å². The van der Waals surface area contributed by atoms with E-state index in [9.17, 15) is 9.59 Å². The second-order valence-corrected chi connectivity index (χ2v) is 10.4. The Bertz CT molecular complexity index is 1080. The van der Waals surface area contributed by atoms with Gasteiger partial charge in [-0.2, -0.15) is 0 Å². The van der Waals surface area contributed by atoms with E-state index in [4.69, 9.17) is 4.74 Å². The number of ether oxygens (including phenoxy) is 1. The third kappa shape index (κ3) is 5.79. The molecule has 12 heteroatoms. The molecule has 1 aliphatic rings. The fourth-order valence-electron chi connectivity index (χ4n) is 3.46. The van der Waals surface area contributed by atoms with Crippen molar-refractivity contribution in [1.29, 1.82) is 0 Å². The molecule has 4 rings (SSSR count). The average molecular weight is 507 g/mol. The maximum atomic E-state index is 12.7. The number of aromatic nitrogens is 4. The van der Waals surface area contributed by atoms with Crippen molar-refractivity contribution in [3.8, 4) is 0 Å². The number of piperazine rings is 1. The van der Waals surface area contributed by atoms with Gasteiger partial charge in [-0.05, 0) is 26.0 Å². The molecule has 0 aliphatic carbocycles. The molecule has 33 heavy (non-hydrogen) atoms. The molecule has 1 fully saturated rings. The lowest BCUT2D eigenvalue weighted by Gasteiger charge is -2.34. The fourth-order valence-corrected chi connectivity index (χ4v) is 6.39. The summed E-state index contributed by atoms with van der Waals surface area (Å²) in [5.74, 6) is 1.88. The van der Waals surface area contributed by atoms with E-state index in [0.717, 1.165) is 27.4 Å². The van der Waals surface area contributed by atoms with E-state index in [1.165, 1.54) is 16.5 Å². The van der Waals surface area contributed by atoms with Crippen molar-refractivity contribution in [2.75, 3.05) is 38.5 Å². The van der Waals surface area contributed by atoms with Crippen molar-refractivity contribution < 1.29 is 14.3 Å². The average Bonchev–Trinajstić information content (AvgIpc) is 3.44. The van der Waals surface area contributed by atoms with Gasteiger partial charge in [0.05, 0.1) is 28.3 Å². The van der Waals surface area contributed by atoms with Crippen LogP contribution in [0, 0.1) is 0 Å².